The average Bonchev–Trinajstić information content (AvgIpc) is 2.05. The number of rotatable bonds is 5. The third-order valence-corrected chi connectivity index (χ3v) is 1.87. The summed E-state index contributed by atoms with van der Waals surface area (Å²) < 4.78 is 0. The number of aliphatic carboxylic acids is 1. The number of hydrogen-bond donors (Lipinski definition) is 4. The van der Waals surface area contributed by atoms with Crippen molar-refractivity contribution in [1.82, 2.24) is 0 Å². The minimum atomic E-state index is -1.21. The number of hydrogen-bond acceptors (Lipinski definition) is 4. The molecular weight excluding hydrogens is 162 g/mol. The van der Waals surface area contributed by atoms with Crippen LogP contribution in [0.3, 0.4) is 0 Å². The Kier molecular flexibility index (Phi) is 4.80. The summed E-state index contributed by atoms with van der Waals surface area (Å²) in [6.45, 7) is 1.28. The van der Waals surface area contributed by atoms with E-state index in [1.807, 2.05) is 0 Å². The summed E-state index contributed by atoms with van der Waals surface area (Å²) in [5, 5.41) is 26.5. The van der Waals surface area contributed by atoms with Crippen molar-refractivity contribution in [3.63, 3.8) is 0 Å². The second-order valence-corrected chi connectivity index (χ2v) is 2.69. The van der Waals surface area contributed by atoms with Gasteiger partial charge in [0.2, 0.25) is 0 Å². The molecule has 0 aromatic heterocycles. The van der Waals surface area contributed by atoms with Crippen LogP contribution in [0.5, 0.6) is 0 Å². The molecule has 0 bridgehead atoms. The average molecular weight is 177 g/mol. The van der Waals surface area contributed by atoms with E-state index in [9.17, 15) is 9.90 Å². The minimum Gasteiger partial charge on any atom is -0.480 e. The summed E-state index contributed by atoms with van der Waals surface area (Å²) in [4.78, 5) is 10.4. The Bertz CT molecular complexity index is 150. The van der Waals surface area contributed by atoms with E-state index in [0.29, 0.717) is 6.42 Å². The largest absolute Gasteiger partial charge is 0.480 e. The molecule has 0 spiro atoms. The maximum Gasteiger partial charge on any atom is 0.320 e. The van der Waals surface area contributed by atoms with E-state index in [1.54, 1.807) is 6.92 Å². The highest BCUT2D eigenvalue weighted by Gasteiger charge is 2.28. The maximum atomic E-state index is 10.4. The van der Waals surface area contributed by atoms with Gasteiger partial charge >= 0.3 is 5.97 Å². The molecule has 0 heterocycles. The van der Waals surface area contributed by atoms with Gasteiger partial charge in [-0.25, -0.2) is 0 Å². The van der Waals surface area contributed by atoms with Crippen LogP contribution in [0.15, 0.2) is 0 Å². The molecule has 0 unspecified atom stereocenters. The highest BCUT2D eigenvalue weighted by Crippen LogP contribution is 2.10. The van der Waals surface area contributed by atoms with Crippen LogP contribution >= 0.6 is 0 Å². The smallest absolute Gasteiger partial charge is 0.320 e. The number of carbonyl (C=O) groups is 1. The first-order valence-corrected chi connectivity index (χ1v) is 3.81. The predicted molar refractivity (Wildman–Crippen MR) is 42.5 cm³/mol. The minimum absolute atomic E-state index is 0.381. The van der Waals surface area contributed by atoms with Crippen molar-refractivity contribution in [3.05, 3.63) is 0 Å². The number of aliphatic hydroxyl groups excluding tert-OH is 2. The fourth-order valence-corrected chi connectivity index (χ4v) is 0.960. The molecule has 5 N–H and O–H groups in total. The van der Waals surface area contributed by atoms with Gasteiger partial charge < -0.3 is 21.1 Å². The molecule has 72 valence electrons. The summed E-state index contributed by atoms with van der Waals surface area (Å²) >= 11 is 0. The van der Waals surface area contributed by atoms with Crippen LogP contribution in [0.2, 0.25) is 0 Å². The predicted octanol–water partition coefficient (Wildman–Crippen LogP) is -1.22. The van der Waals surface area contributed by atoms with Crippen molar-refractivity contribution in [2.24, 2.45) is 11.7 Å². The highest BCUT2D eigenvalue weighted by molar-refractivity contribution is 5.73. The lowest BCUT2D eigenvalue weighted by molar-refractivity contribution is -0.141. The van der Waals surface area contributed by atoms with Crippen molar-refractivity contribution in [2.45, 2.75) is 25.5 Å². The Morgan fingerprint density at radius 2 is 2.08 bits per heavy atom. The van der Waals surface area contributed by atoms with E-state index in [1.165, 1.54) is 0 Å². The Labute approximate surface area is 70.8 Å². The van der Waals surface area contributed by atoms with Crippen molar-refractivity contribution in [3.8, 4) is 0 Å². The van der Waals surface area contributed by atoms with Gasteiger partial charge in [-0.3, -0.25) is 4.79 Å². The van der Waals surface area contributed by atoms with Crippen LogP contribution in [0.25, 0.3) is 0 Å². The Hall–Kier alpha value is -0.650. The van der Waals surface area contributed by atoms with Gasteiger partial charge in [0, 0.05) is 5.92 Å². The van der Waals surface area contributed by atoms with Gasteiger partial charge in [-0.15, -0.1) is 0 Å². The molecule has 0 aromatic rings. The molecule has 0 amide bonds. The normalized spacial score (nSPS) is 18.3. The SMILES string of the molecule is CC[C@H](O)[C@@H](CO)[C@@H](N)C(=O)O. The summed E-state index contributed by atoms with van der Waals surface area (Å²) in [5.41, 5.74) is 5.23. The van der Waals surface area contributed by atoms with Crippen molar-refractivity contribution in [2.75, 3.05) is 6.61 Å². The standard InChI is InChI=1S/C7H15NO4/c1-2-5(10)4(3-9)6(8)7(11)12/h4-6,9-10H,2-3,8H2,1H3,(H,11,12)/t4-,5+,6-/m1/s1. The first kappa shape index (κ1) is 11.4. The molecular formula is C7H15NO4. The molecule has 0 saturated carbocycles. The lowest BCUT2D eigenvalue weighted by Gasteiger charge is -2.22. The first-order chi connectivity index (χ1) is 5.54. The maximum absolute atomic E-state index is 10.4. The molecule has 5 nitrogen and oxygen atoms in total. The van der Waals surface area contributed by atoms with E-state index in [4.69, 9.17) is 15.9 Å². The van der Waals surface area contributed by atoms with Crippen LogP contribution in [-0.2, 0) is 4.79 Å². The van der Waals surface area contributed by atoms with Gasteiger partial charge in [0.15, 0.2) is 0 Å². The lowest BCUT2D eigenvalue weighted by Crippen LogP contribution is -2.45. The summed E-state index contributed by atoms with van der Waals surface area (Å²) in [7, 11) is 0. The fraction of sp³-hybridized carbons (Fsp3) is 0.857. The molecule has 3 atom stereocenters. The van der Waals surface area contributed by atoms with E-state index >= 15 is 0 Å². The number of carboxylic acid groups (broad SMARTS) is 1. The molecule has 0 fully saturated rings. The van der Waals surface area contributed by atoms with Gasteiger partial charge in [0.05, 0.1) is 12.7 Å². The van der Waals surface area contributed by atoms with Crippen molar-refractivity contribution in [1.29, 1.82) is 0 Å². The van der Waals surface area contributed by atoms with E-state index in [2.05, 4.69) is 0 Å². The highest BCUT2D eigenvalue weighted by atomic mass is 16.4. The molecule has 5 heteroatoms. The Morgan fingerprint density at radius 3 is 2.33 bits per heavy atom. The number of nitrogens with two attached hydrogens (primary N) is 1. The Balaban J connectivity index is 4.23. The summed E-state index contributed by atoms with van der Waals surface area (Å²) in [5.74, 6) is -1.99. The molecule has 0 aliphatic heterocycles. The molecule has 0 rings (SSSR count). The molecule has 0 saturated heterocycles. The van der Waals surface area contributed by atoms with Gasteiger partial charge in [-0.05, 0) is 6.42 Å². The van der Waals surface area contributed by atoms with Gasteiger partial charge in [0.1, 0.15) is 6.04 Å². The van der Waals surface area contributed by atoms with Crippen molar-refractivity contribution < 1.29 is 20.1 Å². The van der Waals surface area contributed by atoms with E-state index in [-0.39, 0.29) is 0 Å². The molecule has 12 heavy (non-hydrogen) atoms. The second kappa shape index (κ2) is 5.08. The summed E-state index contributed by atoms with van der Waals surface area (Å²) in [6, 6.07) is -1.20. The molecule has 0 radical (unpaired) electrons. The third-order valence-electron chi connectivity index (χ3n) is 1.87. The number of aliphatic hydroxyl groups is 2. The van der Waals surface area contributed by atoms with Gasteiger partial charge in [-0.1, -0.05) is 6.92 Å². The summed E-state index contributed by atoms with van der Waals surface area (Å²) in [6.07, 6.45) is -0.479. The van der Waals surface area contributed by atoms with Gasteiger partial charge in [0.25, 0.3) is 0 Å². The second-order valence-electron chi connectivity index (χ2n) is 2.69. The van der Waals surface area contributed by atoms with E-state index < -0.39 is 30.6 Å². The van der Waals surface area contributed by atoms with Crippen LogP contribution < -0.4 is 5.73 Å². The van der Waals surface area contributed by atoms with Crippen LogP contribution in [0.4, 0.5) is 0 Å². The molecule has 0 aromatic carbocycles. The molecule has 0 aliphatic rings. The zero-order valence-electron chi connectivity index (χ0n) is 6.97. The zero-order valence-corrected chi connectivity index (χ0v) is 6.97. The van der Waals surface area contributed by atoms with Crippen LogP contribution in [0.1, 0.15) is 13.3 Å². The Morgan fingerprint density at radius 1 is 1.58 bits per heavy atom. The quantitative estimate of drug-likeness (QED) is 0.421. The zero-order chi connectivity index (χ0) is 9.72. The lowest BCUT2D eigenvalue weighted by atomic mass is 9.93. The molecule has 0 aliphatic carbocycles. The topological polar surface area (TPSA) is 104 Å². The monoisotopic (exact) mass is 177 g/mol. The van der Waals surface area contributed by atoms with Crippen molar-refractivity contribution >= 4 is 5.97 Å². The van der Waals surface area contributed by atoms with Gasteiger partial charge in [-0.2, -0.15) is 0 Å². The third kappa shape index (κ3) is 2.77. The fourth-order valence-electron chi connectivity index (χ4n) is 0.960. The number of carboxylic acids is 1. The van der Waals surface area contributed by atoms with Crippen LogP contribution in [0, 0.1) is 5.92 Å². The van der Waals surface area contributed by atoms with Crippen LogP contribution in [-0.4, -0.2) is 40.0 Å². The first-order valence-electron chi connectivity index (χ1n) is 3.81. The van der Waals surface area contributed by atoms with E-state index in [0.717, 1.165) is 0 Å².